The predicted molar refractivity (Wildman–Crippen MR) is 112 cm³/mol. The minimum atomic E-state index is -0.923. The number of nitrogens with one attached hydrogen (secondary N) is 2. The molecule has 1 heterocycles. The smallest absolute Gasteiger partial charge is 0.329 e. The van der Waals surface area contributed by atoms with Crippen LogP contribution in [0, 0.1) is 0 Å². The number of hydrazone groups is 1. The van der Waals surface area contributed by atoms with Crippen LogP contribution in [0.2, 0.25) is 10.0 Å². The van der Waals surface area contributed by atoms with Gasteiger partial charge in [0.1, 0.15) is 17.3 Å². The van der Waals surface area contributed by atoms with E-state index < -0.39 is 11.8 Å². The summed E-state index contributed by atoms with van der Waals surface area (Å²) in [6, 6.07) is 15.0. The predicted octanol–water partition coefficient (Wildman–Crippen LogP) is 4.35. The van der Waals surface area contributed by atoms with Crippen molar-refractivity contribution in [1.29, 1.82) is 0 Å². The summed E-state index contributed by atoms with van der Waals surface area (Å²) in [6.07, 6.45) is 1.28. The van der Waals surface area contributed by atoms with Crippen molar-refractivity contribution < 1.29 is 18.7 Å². The maximum atomic E-state index is 11.9. The highest BCUT2D eigenvalue weighted by atomic mass is 35.5. The van der Waals surface area contributed by atoms with Crippen LogP contribution in [0.15, 0.2) is 64.1 Å². The summed E-state index contributed by atoms with van der Waals surface area (Å²) in [5.74, 6) is -0.220. The molecule has 0 fully saturated rings. The van der Waals surface area contributed by atoms with Crippen molar-refractivity contribution in [2.75, 3.05) is 12.4 Å². The lowest BCUT2D eigenvalue weighted by Gasteiger charge is -2.05. The molecule has 0 spiro atoms. The van der Waals surface area contributed by atoms with Gasteiger partial charge in [0.2, 0.25) is 0 Å². The number of carbonyl (C=O) groups is 2. The molecular weight excluding hydrogens is 417 g/mol. The highest BCUT2D eigenvalue weighted by Crippen LogP contribution is 2.29. The first kappa shape index (κ1) is 20.4. The van der Waals surface area contributed by atoms with Crippen molar-refractivity contribution in [2.45, 2.75) is 0 Å². The first-order valence-corrected chi connectivity index (χ1v) is 9.05. The molecule has 3 aromatic rings. The van der Waals surface area contributed by atoms with E-state index in [2.05, 4.69) is 15.8 Å². The Balaban J connectivity index is 1.56. The molecule has 0 aliphatic heterocycles. The summed E-state index contributed by atoms with van der Waals surface area (Å²) < 4.78 is 10.6. The van der Waals surface area contributed by atoms with E-state index >= 15 is 0 Å². The van der Waals surface area contributed by atoms with Crippen molar-refractivity contribution in [3.8, 4) is 17.1 Å². The summed E-state index contributed by atoms with van der Waals surface area (Å²) in [6.45, 7) is 0. The molecule has 0 aliphatic carbocycles. The van der Waals surface area contributed by atoms with E-state index in [1.54, 1.807) is 54.6 Å². The van der Waals surface area contributed by atoms with Crippen LogP contribution in [0.4, 0.5) is 5.69 Å². The molecule has 0 atom stereocenters. The molecule has 1 aromatic heterocycles. The van der Waals surface area contributed by atoms with Gasteiger partial charge >= 0.3 is 11.8 Å². The third-order valence-electron chi connectivity index (χ3n) is 3.74. The van der Waals surface area contributed by atoms with E-state index in [0.29, 0.717) is 33.0 Å². The van der Waals surface area contributed by atoms with Gasteiger partial charge in [0.05, 0.1) is 23.4 Å². The number of hydrogen-bond acceptors (Lipinski definition) is 5. The molecule has 2 amide bonds. The number of ether oxygens (including phenoxy) is 1. The largest absolute Gasteiger partial charge is 0.497 e. The number of hydrogen-bond donors (Lipinski definition) is 2. The first-order chi connectivity index (χ1) is 14.0. The molecular formula is C20H15Cl2N3O4. The van der Waals surface area contributed by atoms with E-state index in [1.165, 1.54) is 13.3 Å². The van der Waals surface area contributed by atoms with Gasteiger partial charge in [0.25, 0.3) is 0 Å². The Hall–Kier alpha value is -3.29. The molecule has 0 bridgehead atoms. The van der Waals surface area contributed by atoms with Crippen molar-refractivity contribution >= 4 is 46.9 Å². The number of nitrogens with zero attached hydrogens (tertiary/aromatic N) is 1. The Morgan fingerprint density at radius 1 is 1.00 bits per heavy atom. The number of halogens is 2. The quantitative estimate of drug-likeness (QED) is 0.356. The van der Waals surface area contributed by atoms with Gasteiger partial charge in [0, 0.05) is 11.3 Å². The number of methoxy groups -OCH3 is 1. The second-order valence-electron chi connectivity index (χ2n) is 5.71. The fourth-order valence-corrected chi connectivity index (χ4v) is 2.59. The van der Waals surface area contributed by atoms with E-state index in [0.717, 1.165) is 5.56 Å². The lowest BCUT2D eigenvalue weighted by molar-refractivity contribution is -0.136. The van der Waals surface area contributed by atoms with Crippen LogP contribution in [0.1, 0.15) is 5.76 Å². The molecule has 0 radical (unpaired) electrons. The number of carbonyl (C=O) groups excluding carboxylic acids is 2. The average molecular weight is 432 g/mol. The molecule has 0 unspecified atom stereocenters. The van der Waals surface area contributed by atoms with Crippen molar-refractivity contribution in [2.24, 2.45) is 5.10 Å². The fraction of sp³-hybridized carbons (Fsp3) is 0.0500. The van der Waals surface area contributed by atoms with Gasteiger partial charge in [-0.2, -0.15) is 5.10 Å². The molecule has 0 saturated heterocycles. The summed E-state index contributed by atoms with van der Waals surface area (Å²) in [7, 11) is 1.53. The van der Waals surface area contributed by atoms with Crippen LogP contribution in [-0.2, 0) is 9.59 Å². The average Bonchev–Trinajstić information content (AvgIpc) is 3.19. The van der Waals surface area contributed by atoms with Gasteiger partial charge in [-0.05, 0) is 54.6 Å². The molecule has 2 aromatic carbocycles. The molecule has 29 heavy (non-hydrogen) atoms. The minimum absolute atomic E-state index is 0.377. The second kappa shape index (κ2) is 9.27. The Morgan fingerprint density at radius 3 is 2.45 bits per heavy atom. The standard InChI is InChI=1S/C20H15Cl2N3O4/c1-28-14-5-3-13(4-6-14)24-19(26)20(27)25-23-11-15-7-9-18(29-15)12-2-8-16(21)17(22)10-12/h2-11H,1H3,(H,24,26)(H,25,27)/b23-11+. The second-order valence-corrected chi connectivity index (χ2v) is 6.53. The number of benzene rings is 2. The van der Waals surface area contributed by atoms with Crippen LogP contribution in [0.5, 0.6) is 5.75 Å². The third kappa shape index (κ3) is 5.37. The van der Waals surface area contributed by atoms with Crippen LogP contribution < -0.4 is 15.5 Å². The highest BCUT2D eigenvalue weighted by molar-refractivity contribution is 6.42. The Morgan fingerprint density at radius 2 is 1.76 bits per heavy atom. The van der Waals surface area contributed by atoms with Gasteiger partial charge in [-0.1, -0.05) is 23.2 Å². The van der Waals surface area contributed by atoms with Gasteiger partial charge < -0.3 is 14.5 Å². The lowest BCUT2D eigenvalue weighted by atomic mass is 10.2. The summed E-state index contributed by atoms with van der Waals surface area (Å²) in [5, 5.41) is 7.03. The zero-order valence-electron chi connectivity index (χ0n) is 15.1. The van der Waals surface area contributed by atoms with Crippen LogP contribution in [-0.4, -0.2) is 25.1 Å². The third-order valence-corrected chi connectivity index (χ3v) is 4.48. The highest BCUT2D eigenvalue weighted by Gasteiger charge is 2.13. The Labute approximate surface area is 176 Å². The van der Waals surface area contributed by atoms with E-state index in [4.69, 9.17) is 32.4 Å². The van der Waals surface area contributed by atoms with Gasteiger partial charge in [0.15, 0.2) is 0 Å². The van der Waals surface area contributed by atoms with Crippen molar-refractivity contribution in [3.05, 3.63) is 70.4 Å². The number of rotatable bonds is 5. The van der Waals surface area contributed by atoms with E-state index in [1.807, 2.05) is 0 Å². The number of furan rings is 1. The van der Waals surface area contributed by atoms with E-state index in [-0.39, 0.29) is 0 Å². The molecule has 3 rings (SSSR count). The van der Waals surface area contributed by atoms with Gasteiger partial charge in [-0.15, -0.1) is 0 Å². The monoisotopic (exact) mass is 431 g/mol. The van der Waals surface area contributed by atoms with Crippen LogP contribution in [0.25, 0.3) is 11.3 Å². The molecule has 9 heteroatoms. The zero-order valence-corrected chi connectivity index (χ0v) is 16.6. The molecule has 2 N–H and O–H groups in total. The van der Waals surface area contributed by atoms with E-state index in [9.17, 15) is 9.59 Å². The van der Waals surface area contributed by atoms with Gasteiger partial charge in [-0.3, -0.25) is 9.59 Å². The number of amides is 2. The van der Waals surface area contributed by atoms with Crippen molar-refractivity contribution in [1.82, 2.24) is 5.43 Å². The van der Waals surface area contributed by atoms with Gasteiger partial charge in [-0.25, -0.2) is 5.43 Å². The lowest BCUT2D eigenvalue weighted by Crippen LogP contribution is -2.32. The van der Waals surface area contributed by atoms with Crippen LogP contribution >= 0.6 is 23.2 Å². The topological polar surface area (TPSA) is 92.9 Å². The summed E-state index contributed by atoms with van der Waals surface area (Å²) in [4.78, 5) is 23.7. The van der Waals surface area contributed by atoms with Crippen LogP contribution in [0.3, 0.4) is 0 Å². The Kier molecular flexibility index (Phi) is 6.54. The number of anilines is 1. The maximum absolute atomic E-state index is 11.9. The fourth-order valence-electron chi connectivity index (χ4n) is 2.29. The molecule has 0 saturated carbocycles. The minimum Gasteiger partial charge on any atom is -0.497 e. The normalized spacial score (nSPS) is 10.7. The Bertz CT molecular complexity index is 1060. The molecule has 0 aliphatic rings. The first-order valence-electron chi connectivity index (χ1n) is 8.30. The maximum Gasteiger partial charge on any atom is 0.329 e. The molecule has 7 nitrogen and oxygen atoms in total. The molecule has 148 valence electrons. The SMILES string of the molecule is COc1ccc(NC(=O)C(=O)N/N=C/c2ccc(-c3ccc(Cl)c(Cl)c3)o2)cc1. The zero-order chi connectivity index (χ0) is 20.8. The van der Waals surface area contributed by atoms with Crippen molar-refractivity contribution in [3.63, 3.8) is 0 Å². The summed E-state index contributed by atoms with van der Waals surface area (Å²) in [5.41, 5.74) is 3.32. The summed E-state index contributed by atoms with van der Waals surface area (Å²) >= 11 is 11.9.